The van der Waals surface area contributed by atoms with Crippen LogP contribution in [0.15, 0.2) is 24.7 Å². The van der Waals surface area contributed by atoms with E-state index in [0.29, 0.717) is 23.2 Å². The number of aromatic nitrogens is 3. The lowest BCUT2D eigenvalue weighted by Gasteiger charge is -2.13. The fourth-order valence-corrected chi connectivity index (χ4v) is 1.52. The molecule has 2 aromatic heterocycles. The second-order valence-corrected chi connectivity index (χ2v) is 4.45. The molecule has 3 N–H and O–H groups in total. The smallest absolute Gasteiger partial charge is 0.242 e. The van der Waals surface area contributed by atoms with Crippen molar-refractivity contribution in [1.29, 1.82) is 0 Å². The summed E-state index contributed by atoms with van der Waals surface area (Å²) in [4.78, 5) is 12.3. The first-order chi connectivity index (χ1) is 9.06. The second kappa shape index (κ2) is 5.51. The monoisotopic (exact) mass is 259 g/mol. The lowest BCUT2D eigenvalue weighted by Crippen LogP contribution is -2.11. The molecule has 0 radical (unpaired) electrons. The number of rotatable bonds is 4. The molecule has 0 aliphatic carbocycles. The van der Waals surface area contributed by atoms with Crippen molar-refractivity contribution in [3.63, 3.8) is 0 Å². The van der Waals surface area contributed by atoms with Crippen LogP contribution in [0.4, 0.5) is 17.3 Å². The largest absolute Gasteiger partial charge is 0.473 e. The summed E-state index contributed by atoms with van der Waals surface area (Å²) in [6, 6.07) is 3.83. The van der Waals surface area contributed by atoms with Gasteiger partial charge >= 0.3 is 0 Å². The Hall–Kier alpha value is -2.37. The van der Waals surface area contributed by atoms with Crippen LogP contribution >= 0.6 is 0 Å². The van der Waals surface area contributed by atoms with Crippen LogP contribution in [0.3, 0.4) is 0 Å². The maximum Gasteiger partial charge on any atom is 0.242 e. The minimum absolute atomic E-state index is 0.00199. The number of hydrogen-bond donors (Lipinski definition) is 2. The van der Waals surface area contributed by atoms with Crippen LogP contribution in [0.5, 0.6) is 5.88 Å². The van der Waals surface area contributed by atoms with Gasteiger partial charge in [-0.1, -0.05) is 0 Å². The molecule has 2 heterocycles. The Labute approximate surface area is 112 Å². The summed E-state index contributed by atoms with van der Waals surface area (Å²) in [7, 11) is 0. The van der Waals surface area contributed by atoms with Crippen molar-refractivity contribution in [2.45, 2.75) is 26.9 Å². The van der Waals surface area contributed by atoms with E-state index < -0.39 is 0 Å². The average Bonchev–Trinajstić information content (AvgIpc) is 2.34. The van der Waals surface area contributed by atoms with Gasteiger partial charge in [0.15, 0.2) is 5.82 Å². The fourth-order valence-electron chi connectivity index (χ4n) is 1.52. The first-order valence-corrected chi connectivity index (χ1v) is 6.03. The lowest BCUT2D eigenvalue weighted by molar-refractivity contribution is 0.234. The van der Waals surface area contributed by atoms with Gasteiger partial charge in [0.25, 0.3) is 0 Å². The van der Waals surface area contributed by atoms with Gasteiger partial charge in [-0.3, -0.25) is 0 Å². The number of anilines is 3. The summed E-state index contributed by atoms with van der Waals surface area (Å²) in [6.45, 7) is 5.82. The van der Waals surface area contributed by atoms with Gasteiger partial charge in [-0.2, -0.15) is 4.98 Å². The highest BCUT2D eigenvalue weighted by atomic mass is 16.5. The minimum atomic E-state index is 0.00199. The molecule has 2 aromatic rings. The van der Waals surface area contributed by atoms with Crippen molar-refractivity contribution >= 4 is 17.3 Å². The quantitative estimate of drug-likeness (QED) is 0.876. The Balaban J connectivity index is 2.25. The molecule has 0 fully saturated rings. The summed E-state index contributed by atoms with van der Waals surface area (Å²) in [5, 5.41) is 3.06. The third-order valence-corrected chi connectivity index (χ3v) is 2.36. The molecule has 0 atom stereocenters. The maximum atomic E-state index is 5.98. The molecule has 0 unspecified atom stereocenters. The molecule has 6 heteroatoms. The van der Waals surface area contributed by atoms with Gasteiger partial charge < -0.3 is 15.8 Å². The van der Waals surface area contributed by atoms with Crippen LogP contribution in [-0.4, -0.2) is 21.1 Å². The molecule has 0 aliphatic rings. The molecular weight excluding hydrogens is 242 g/mol. The Morgan fingerprint density at radius 1 is 1.26 bits per heavy atom. The standard InChI is InChI=1S/C13H17N5O/c1-8(2)19-13-11(14)12(16-7-17-13)18-10-6-9(3)4-5-15-10/h4-8H,14H2,1-3H3,(H,15,16,17,18). The van der Waals surface area contributed by atoms with Gasteiger partial charge in [0.05, 0.1) is 6.10 Å². The molecule has 0 amide bonds. The van der Waals surface area contributed by atoms with Crippen molar-refractivity contribution in [3.05, 3.63) is 30.2 Å². The van der Waals surface area contributed by atoms with Crippen molar-refractivity contribution in [1.82, 2.24) is 15.0 Å². The first kappa shape index (κ1) is 13.1. The van der Waals surface area contributed by atoms with Crippen LogP contribution in [0.2, 0.25) is 0 Å². The highest BCUT2D eigenvalue weighted by Gasteiger charge is 2.11. The molecule has 0 aromatic carbocycles. The van der Waals surface area contributed by atoms with E-state index in [-0.39, 0.29) is 6.10 Å². The Morgan fingerprint density at radius 3 is 2.74 bits per heavy atom. The van der Waals surface area contributed by atoms with E-state index in [2.05, 4.69) is 20.3 Å². The molecule has 0 saturated carbocycles. The molecule has 19 heavy (non-hydrogen) atoms. The maximum absolute atomic E-state index is 5.98. The number of nitrogen functional groups attached to an aromatic ring is 1. The highest BCUT2D eigenvalue weighted by Crippen LogP contribution is 2.27. The zero-order chi connectivity index (χ0) is 13.8. The molecule has 6 nitrogen and oxygen atoms in total. The lowest BCUT2D eigenvalue weighted by atomic mass is 10.3. The molecule has 0 spiro atoms. The van der Waals surface area contributed by atoms with E-state index in [1.165, 1.54) is 6.33 Å². The van der Waals surface area contributed by atoms with Crippen LogP contribution in [0.1, 0.15) is 19.4 Å². The SMILES string of the molecule is Cc1ccnc(Nc2ncnc(OC(C)C)c2N)c1. The summed E-state index contributed by atoms with van der Waals surface area (Å²) in [5.74, 6) is 1.55. The van der Waals surface area contributed by atoms with Gasteiger partial charge in [-0.25, -0.2) is 9.97 Å². The average molecular weight is 259 g/mol. The number of pyridine rings is 1. The number of nitrogens with zero attached hydrogens (tertiary/aromatic N) is 3. The predicted molar refractivity (Wildman–Crippen MR) is 74.5 cm³/mol. The van der Waals surface area contributed by atoms with E-state index in [9.17, 15) is 0 Å². The van der Waals surface area contributed by atoms with Gasteiger partial charge in [0.1, 0.15) is 17.8 Å². The third kappa shape index (κ3) is 3.31. The van der Waals surface area contributed by atoms with Crippen LogP contribution < -0.4 is 15.8 Å². The van der Waals surface area contributed by atoms with Gasteiger partial charge in [0.2, 0.25) is 5.88 Å². The Kier molecular flexibility index (Phi) is 3.79. The summed E-state index contributed by atoms with van der Waals surface area (Å²) in [5.41, 5.74) is 7.45. The van der Waals surface area contributed by atoms with E-state index in [0.717, 1.165) is 5.56 Å². The molecule has 100 valence electrons. The molecular formula is C13H17N5O. The van der Waals surface area contributed by atoms with Gasteiger partial charge in [0, 0.05) is 6.20 Å². The normalized spacial score (nSPS) is 10.5. The van der Waals surface area contributed by atoms with Gasteiger partial charge in [-0.05, 0) is 38.5 Å². The number of ether oxygens (including phenoxy) is 1. The Morgan fingerprint density at radius 2 is 2.05 bits per heavy atom. The highest BCUT2D eigenvalue weighted by molar-refractivity contribution is 5.70. The number of hydrogen-bond acceptors (Lipinski definition) is 6. The summed E-state index contributed by atoms with van der Waals surface area (Å²) in [6.07, 6.45) is 3.13. The molecule has 0 aliphatic heterocycles. The van der Waals surface area contributed by atoms with Crippen molar-refractivity contribution in [3.8, 4) is 5.88 Å². The fraction of sp³-hybridized carbons (Fsp3) is 0.308. The second-order valence-electron chi connectivity index (χ2n) is 4.45. The Bertz CT molecular complexity index is 571. The van der Waals surface area contributed by atoms with Crippen molar-refractivity contribution in [2.24, 2.45) is 0 Å². The first-order valence-electron chi connectivity index (χ1n) is 6.03. The van der Waals surface area contributed by atoms with Crippen LogP contribution in [0, 0.1) is 6.92 Å². The minimum Gasteiger partial charge on any atom is -0.473 e. The van der Waals surface area contributed by atoms with E-state index in [1.807, 2.05) is 32.9 Å². The molecule has 2 rings (SSSR count). The van der Waals surface area contributed by atoms with E-state index >= 15 is 0 Å². The number of nitrogens with one attached hydrogen (secondary N) is 1. The predicted octanol–water partition coefficient (Wildman–Crippen LogP) is 2.29. The number of aryl methyl sites for hydroxylation is 1. The number of nitrogens with two attached hydrogens (primary N) is 1. The topological polar surface area (TPSA) is 86.0 Å². The third-order valence-electron chi connectivity index (χ3n) is 2.36. The van der Waals surface area contributed by atoms with Gasteiger partial charge in [-0.15, -0.1) is 0 Å². The van der Waals surface area contributed by atoms with E-state index in [4.69, 9.17) is 10.5 Å². The zero-order valence-electron chi connectivity index (χ0n) is 11.2. The van der Waals surface area contributed by atoms with Crippen LogP contribution in [0.25, 0.3) is 0 Å². The molecule has 0 saturated heterocycles. The van der Waals surface area contributed by atoms with Crippen LogP contribution in [-0.2, 0) is 0 Å². The van der Waals surface area contributed by atoms with Crippen molar-refractivity contribution < 1.29 is 4.74 Å². The molecule has 0 bridgehead atoms. The zero-order valence-corrected chi connectivity index (χ0v) is 11.2. The van der Waals surface area contributed by atoms with Crippen molar-refractivity contribution in [2.75, 3.05) is 11.1 Å². The summed E-state index contributed by atoms with van der Waals surface area (Å²) < 4.78 is 5.51. The van der Waals surface area contributed by atoms with E-state index in [1.54, 1.807) is 6.20 Å². The summed E-state index contributed by atoms with van der Waals surface area (Å²) >= 11 is 0.